The Morgan fingerprint density at radius 1 is 0.816 bits per heavy atom. The van der Waals surface area contributed by atoms with E-state index in [0.29, 0.717) is 27.9 Å². The number of halogens is 3. The highest BCUT2D eigenvalue weighted by Crippen LogP contribution is 2.26. The molecule has 7 heteroatoms. The maximum atomic E-state index is 13.9. The summed E-state index contributed by atoms with van der Waals surface area (Å²) >= 11 is 18.8. The zero-order chi connectivity index (χ0) is 26.9. The van der Waals surface area contributed by atoms with E-state index < -0.39 is 6.04 Å². The van der Waals surface area contributed by atoms with Gasteiger partial charge < -0.3 is 10.2 Å². The Balaban J connectivity index is 1.63. The highest BCUT2D eigenvalue weighted by atomic mass is 35.5. The van der Waals surface area contributed by atoms with Crippen molar-refractivity contribution in [3.8, 4) is 0 Å². The van der Waals surface area contributed by atoms with Crippen molar-refractivity contribution in [2.24, 2.45) is 0 Å². The monoisotopic (exact) mass is 570 g/mol. The number of amides is 2. The van der Waals surface area contributed by atoms with E-state index in [1.54, 1.807) is 17.0 Å². The normalized spacial score (nSPS) is 14.6. The number of aryl methyl sites for hydroxylation is 1. The van der Waals surface area contributed by atoms with Crippen LogP contribution in [-0.2, 0) is 29.0 Å². The molecule has 3 aromatic carbocycles. The molecule has 0 unspecified atom stereocenters. The molecule has 38 heavy (non-hydrogen) atoms. The third kappa shape index (κ3) is 7.99. The predicted molar refractivity (Wildman–Crippen MR) is 156 cm³/mol. The SMILES string of the molecule is O=C(NC1CCCCC1)[C@@H](Cc1ccccc1)N(Cc1ccc(Cl)c(Cl)c1)C(=O)CCc1ccccc1Cl. The van der Waals surface area contributed by atoms with Gasteiger partial charge in [-0.2, -0.15) is 0 Å². The topological polar surface area (TPSA) is 49.4 Å². The number of benzene rings is 3. The van der Waals surface area contributed by atoms with Crippen LogP contribution in [0.3, 0.4) is 0 Å². The van der Waals surface area contributed by atoms with Crippen molar-refractivity contribution in [2.75, 3.05) is 0 Å². The first-order valence-corrected chi connectivity index (χ1v) is 14.3. The number of rotatable bonds is 10. The smallest absolute Gasteiger partial charge is 0.243 e. The Labute approximate surface area is 240 Å². The minimum atomic E-state index is -0.674. The molecule has 3 aromatic rings. The van der Waals surface area contributed by atoms with Crippen molar-refractivity contribution >= 4 is 46.6 Å². The van der Waals surface area contributed by atoms with Crippen LogP contribution in [0.15, 0.2) is 72.8 Å². The number of nitrogens with zero attached hydrogens (tertiary/aromatic N) is 1. The van der Waals surface area contributed by atoms with Gasteiger partial charge in [0.1, 0.15) is 6.04 Å². The van der Waals surface area contributed by atoms with Gasteiger partial charge in [-0.3, -0.25) is 9.59 Å². The molecule has 0 aromatic heterocycles. The van der Waals surface area contributed by atoms with Crippen molar-refractivity contribution in [2.45, 2.75) is 70.0 Å². The lowest BCUT2D eigenvalue weighted by Crippen LogP contribution is -2.52. The zero-order valence-corrected chi connectivity index (χ0v) is 23.6. The van der Waals surface area contributed by atoms with E-state index in [1.807, 2.05) is 60.7 Å². The molecule has 1 saturated carbocycles. The quantitative estimate of drug-likeness (QED) is 0.271. The average Bonchev–Trinajstić information content (AvgIpc) is 2.93. The van der Waals surface area contributed by atoms with Gasteiger partial charge in [0.2, 0.25) is 11.8 Å². The average molecular weight is 572 g/mol. The number of hydrogen-bond acceptors (Lipinski definition) is 2. The van der Waals surface area contributed by atoms with Crippen LogP contribution in [0.25, 0.3) is 0 Å². The maximum Gasteiger partial charge on any atom is 0.243 e. The van der Waals surface area contributed by atoms with Crippen LogP contribution < -0.4 is 5.32 Å². The van der Waals surface area contributed by atoms with E-state index in [1.165, 1.54) is 6.42 Å². The highest BCUT2D eigenvalue weighted by Gasteiger charge is 2.32. The predicted octanol–water partition coefficient (Wildman–Crippen LogP) is 7.67. The molecule has 1 aliphatic rings. The molecule has 1 fully saturated rings. The minimum absolute atomic E-state index is 0.115. The largest absolute Gasteiger partial charge is 0.352 e. The zero-order valence-electron chi connectivity index (χ0n) is 21.3. The molecule has 4 rings (SSSR count). The highest BCUT2D eigenvalue weighted by molar-refractivity contribution is 6.42. The second-order valence-corrected chi connectivity index (χ2v) is 11.1. The second kappa shape index (κ2) is 14.0. The van der Waals surface area contributed by atoms with Crippen molar-refractivity contribution in [1.29, 1.82) is 0 Å². The minimum Gasteiger partial charge on any atom is -0.352 e. The molecule has 0 spiro atoms. The van der Waals surface area contributed by atoms with Crippen LogP contribution in [0.2, 0.25) is 15.1 Å². The van der Waals surface area contributed by atoms with E-state index in [2.05, 4.69) is 5.32 Å². The summed E-state index contributed by atoms with van der Waals surface area (Å²) in [5, 5.41) is 4.76. The molecule has 0 saturated heterocycles. The lowest BCUT2D eigenvalue weighted by molar-refractivity contribution is -0.141. The van der Waals surface area contributed by atoms with Gasteiger partial charge in [-0.1, -0.05) is 109 Å². The molecule has 0 aliphatic heterocycles. The lowest BCUT2D eigenvalue weighted by atomic mass is 9.94. The first-order chi connectivity index (χ1) is 18.4. The molecule has 4 nitrogen and oxygen atoms in total. The van der Waals surface area contributed by atoms with Gasteiger partial charge in [-0.25, -0.2) is 0 Å². The number of carbonyl (C=O) groups excluding carboxylic acids is 2. The second-order valence-electron chi connectivity index (χ2n) is 9.91. The lowest BCUT2D eigenvalue weighted by Gasteiger charge is -2.33. The van der Waals surface area contributed by atoms with E-state index in [-0.39, 0.29) is 30.8 Å². The summed E-state index contributed by atoms with van der Waals surface area (Å²) in [5.41, 5.74) is 2.71. The molecule has 1 N–H and O–H groups in total. The van der Waals surface area contributed by atoms with Gasteiger partial charge in [-0.15, -0.1) is 0 Å². The van der Waals surface area contributed by atoms with E-state index >= 15 is 0 Å². The molecule has 1 aliphatic carbocycles. The van der Waals surface area contributed by atoms with E-state index in [9.17, 15) is 9.59 Å². The standard InChI is InChI=1S/C31H33Cl3N2O2/c32-26-14-8-7-11-24(26)16-18-30(37)36(21-23-15-17-27(33)28(34)19-23)29(20-22-9-3-1-4-10-22)31(38)35-25-12-5-2-6-13-25/h1,3-4,7-11,14-15,17,19,25,29H,2,5-6,12-13,16,18,20-21H2,(H,35,38)/t29-/m1/s1. The van der Waals surface area contributed by atoms with Crippen LogP contribution in [0.4, 0.5) is 0 Å². The fraction of sp³-hybridized carbons (Fsp3) is 0.355. The van der Waals surface area contributed by atoms with Gasteiger partial charge >= 0.3 is 0 Å². The van der Waals surface area contributed by atoms with Gasteiger partial charge in [0, 0.05) is 30.5 Å². The van der Waals surface area contributed by atoms with Crippen LogP contribution in [0.5, 0.6) is 0 Å². The molecular formula is C31H33Cl3N2O2. The Bertz CT molecular complexity index is 1230. The summed E-state index contributed by atoms with van der Waals surface area (Å²) in [4.78, 5) is 29.4. The Kier molecular flexibility index (Phi) is 10.5. The molecule has 0 bridgehead atoms. The van der Waals surface area contributed by atoms with E-state index in [4.69, 9.17) is 34.8 Å². The Morgan fingerprint density at radius 2 is 1.53 bits per heavy atom. The van der Waals surface area contributed by atoms with Crippen LogP contribution in [-0.4, -0.2) is 28.8 Å². The Hall–Kier alpha value is -2.53. The van der Waals surface area contributed by atoms with Crippen molar-refractivity contribution < 1.29 is 9.59 Å². The van der Waals surface area contributed by atoms with Gasteiger partial charge in [0.25, 0.3) is 0 Å². The third-order valence-corrected chi connectivity index (χ3v) is 8.23. The summed E-state index contributed by atoms with van der Waals surface area (Å²) in [6.45, 7) is 0.244. The van der Waals surface area contributed by atoms with Crippen molar-refractivity contribution in [1.82, 2.24) is 10.2 Å². The van der Waals surface area contributed by atoms with Crippen LogP contribution in [0.1, 0.15) is 55.2 Å². The summed E-state index contributed by atoms with van der Waals surface area (Å²) in [7, 11) is 0. The summed E-state index contributed by atoms with van der Waals surface area (Å²) in [6, 6.07) is 22.2. The van der Waals surface area contributed by atoms with E-state index in [0.717, 1.165) is 42.4 Å². The number of carbonyl (C=O) groups is 2. The van der Waals surface area contributed by atoms with Crippen LogP contribution >= 0.6 is 34.8 Å². The third-order valence-electron chi connectivity index (χ3n) is 7.13. The molecule has 1 atom stereocenters. The van der Waals surface area contributed by atoms with Gasteiger partial charge in [0.05, 0.1) is 10.0 Å². The molecule has 0 heterocycles. The van der Waals surface area contributed by atoms with Crippen LogP contribution in [0, 0.1) is 0 Å². The number of hydrogen-bond donors (Lipinski definition) is 1. The molecular weight excluding hydrogens is 539 g/mol. The van der Waals surface area contributed by atoms with Gasteiger partial charge in [0.15, 0.2) is 0 Å². The molecule has 200 valence electrons. The Morgan fingerprint density at radius 3 is 2.24 bits per heavy atom. The fourth-order valence-corrected chi connectivity index (χ4v) is 5.57. The van der Waals surface area contributed by atoms with Gasteiger partial charge in [-0.05, 0) is 54.2 Å². The molecule has 2 amide bonds. The van der Waals surface area contributed by atoms with Crippen molar-refractivity contribution in [3.05, 3.63) is 105 Å². The first kappa shape index (κ1) is 28.5. The summed E-state index contributed by atoms with van der Waals surface area (Å²) in [5.74, 6) is -0.234. The summed E-state index contributed by atoms with van der Waals surface area (Å²) in [6.07, 6.45) is 6.48. The molecule has 0 radical (unpaired) electrons. The summed E-state index contributed by atoms with van der Waals surface area (Å²) < 4.78 is 0. The number of nitrogens with one attached hydrogen (secondary N) is 1. The fourth-order valence-electron chi connectivity index (χ4n) is 5.02. The first-order valence-electron chi connectivity index (χ1n) is 13.2. The van der Waals surface area contributed by atoms with Crippen molar-refractivity contribution in [3.63, 3.8) is 0 Å². The maximum absolute atomic E-state index is 13.9.